The van der Waals surface area contributed by atoms with E-state index in [0.717, 1.165) is 31.7 Å². The summed E-state index contributed by atoms with van der Waals surface area (Å²) in [7, 11) is 0. The first-order chi connectivity index (χ1) is 8.38. The fourth-order valence-electron chi connectivity index (χ4n) is 2.06. The van der Waals surface area contributed by atoms with E-state index < -0.39 is 0 Å². The van der Waals surface area contributed by atoms with E-state index in [1.807, 2.05) is 30.3 Å². The predicted molar refractivity (Wildman–Crippen MR) is 68.4 cm³/mol. The molecule has 0 radical (unpaired) electrons. The van der Waals surface area contributed by atoms with Crippen LogP contribution in [0.15, 0.2) is 30.3 Å². The first-order valence-electron chi connectivity index (χ1n) is 6.42. The zero-order chi connectivity index (χ0) is 11.9. The van der Waals surface area contributed by atoms with Crippen molar-refractivity contribution in [3.05, 3.63) is 30.3 Å². The minimum atomic E-state index is 0.249. The third-order valence-electron chi connectivity index (χ3n) is 3.00. The van der Waals surface area contributed by atoms with Gasteiger partial charge in [0.2, 0.25) is 0 Å². The van der Waals surface area contributed by atoms with Gasteiger partial charge in [0.15, 0.2) is 0 Å². The molecule has 0 aliphatic carbocycles. The van der Waals surface area contributed by atoms with Gasteiger partial charge >= 0.3 is 0 Å². The number of nitrogens with one attached hydrogen (secondary N) is 1. The summed E-state index contributed by atoms with van der Waals surface area (Å²) in [5.41, 5.74) is 0. The average molecular weight is 235 g/mol. The van der Waals surface area contributed by atoms with Crippen LogP contribution in [-0.2, 0) is 4.74 Å². The predicted octanol–water partition coefficient (Wildman–Crippen LogP) is 2.22. The van der Waals surface area contributed by atoms with Crippen LogP contribution in [0.1, 0.15) is 19.8 Å². The van der Waals surface area contributed by atoms with E-state index in [0.29, 0.717) is 12.7 Å². The second-order valence-electron chi connectivity index (χ2n) is 4.39. The fraction of sp³-hybridized carbons (Fsp3) is 0.571. The molecule has 1 saturated heterocycles. The molecular formula is C14H21NO2. The van der Waals surface area contributed by atoms with E-state index in [9.17, 15) is 0 Å². The SMILES string of the molecule is CCNCC1CCC(COc2ccccc2)O1. The van der Waals surface area contributed by atoms with Crippen molar-refractivity contribution in [2.45, 2.75) is 32.0 Å². The van der Waals surface area contributed by atoms with E-state index in [-0.39, 0.29) is 6.10 Å². The van der Waals surface area contributed by atoms with Crippen LogP contribution in [0, 0.1) is 0 Å². The van der Waals surface area contributed by atoms with Gasteiger partial charge in [0.25, 0.3) is 0 Å². The third-order valence-corrected chi connectivity index (χ3v) is 3.00. The normalized spacial score (nSPS) is 23.8. The van der Waals surface area contributed by atoms with Gasteiger partial charge in [-0.3, -0.25) is 0 Å². The van der Waals surface area contributed by atoms with Crippen LogP contribution >= 0.6 is 0 Å². The summed E-state index contributed by atoms with van der Waals surface area (Å²) in [4.78, 5) is 0. The fourth-order valence-corrected chi connectivity index (χ4v) is 2.06. The summed E-state index contributed by atoms with van der Waals surface area (Å²) in [5, 5.41) is 3.32. The first kappa shape index (κ1) is 12.4. The molecule has 1 aliphatic heterocycles. The van der Waals surface area contributed by atoms with Gasteiger partial charge in [-0.2, -0.15) is 0 Å². The molecule has 17 heavy (non-hydrogen) atoms. The molecule has 0 saturated carbocycles. The minimum absolute atomic E-state index is 0.249. The Balaban J connectivity index is 1.68. The van der Waals surface area contributed by atoms with Crippen molar-refractivity contribution in [2.75, 3.05) is 19.7 Å². The van der Waals surface area contributed by atoms with Crippen LogP contribution in [0.5, 0.6) is 5.75 Å². The molecule has 3 nitrogen and oxygen atoms in total. The number of likely N-dealkylation sites (N-methyl/N-ethyl adjacent to an activating group) is 1. The van der Waals surface area contributed by atoms with Crippen molar-refractivity contribution in [3.63, 3.8) is 0 Å². The second kappa shape index (κ2) is 6.62. The largest absolute Gasteiger partial charge is 0.491 e. The monoisotopic (exact) mass is 235 g/mol. The van der Waals surface area contributed by atoms with Gasteiger partial charge < -0.3 is 14.8 Å². The lowest BCUT2D eigenvalue weighted by atomic mass is 10.2. The van der Waals surface area contributed by atoms with Gasteiger partial charge in [-0.15, -0.1) is 0 Å². The van der Waals surface area contributed by atoms with Crippen molar-refractivity contribution < 1.29 is 9.47 Å². The lowest BCUT2D eigenvalue weighted by Gasteiger charge is -2.14. The van der Waals surface area contributed by atoms with Gasteiger partial charge in [0, 0.05) is 6.54 Å². The molecule has 1 aromatic carbocycles. The van der Waals surface area contributed by atoms with Crippen molar-refractivity contribution in [3.8, 4) is 5.75 Å². The highest BCUT2D eigenvalue weighted by atomic mass is 16.5. The van der Waals surface area contributed by atoms with E-state index in [2.05, 4.69) is 12.2 Å². The van der Waals surface area contributed by atoms with Crippen molar-refractivity contribution in [1.82, 2.24) is 5.32 Å². The van der Waals surface area contributed by atoms with Crippen LogP contribution in [0.3, 0.4) is 0 Å². The van der Waals surface area contributed by atoms with Crippen molar-refractivity contribution in [1.29, 1.82) is 0 Å². The number of benzene rings is 1. The maximum absolute atomic E-state index is 5.90. The van der Waals surface area contributed by atoms with E-state index in [1.54, 1.807) is 0 Å². The molecule has 94 valence electrons. The minimum Gasteiger partial charge on any atom is -0.491 e. The standard InChI is InChI=1S/C14H21NO2/c1-2-15-10-13-8-9-14(17-13)11-16-12-6-4-3-5-7-12/h3-7,13-15H,2,8-11H2,1H3. The van der Waals surface area contributed by atoms with Gasteiger partial charge in [0.1, 0.15) is 12.4 Å². The Morgan fingerprint density at radius 1 is 1.24 bits per heavy atom. The van der Waals surface area contributed by atoms with E-state index in [4.69, 9.17) is 9.47 Å². The van der Waals surface area contributed by atoms with Crippen LogP contribution in [0.4, 0.5) is 0 Å². The zero-order valence-corrected chi connectivity index (χ0v) is 10.4. The molecule has 1 N–H and O–H groups in total. The Morgan fingerprint density at radius 3 is 2.76 bits per heavy atom. The Morgan fingerprint density at radius 2 is 2.00 bits per heavy atom. The summed E-state index contributed by atoms with van der Waals surface area (Å²) in [6, 6.07) is 9.92. The van der Waals surface area contributed by atoms with Crippen LogP contribution in [0.25, 0.3) is 0 Å². The molecule has 0 aromatic heterocycles. The maximum Gasteiger partial charge on any atom is 0.119 e. The zero-order valence-electron chi connectivity index (χ0n) is 10.4. The molecule has 2 atom stereocenters. The Kier molecular flexibility index (Phi) is 4.83. The van der Waals surface area contributed by atoms with E-state index >= 15 is 0 Å². The molecule has 1 aromatic rings. The Labute approximate surface area is 103 Å². The number of hydrogen-bond acceptors (Lipinski definition) is 3. The quantitative estimate of drug-likeness (QED) is 0.820. The van der Waals surface area contributed by atoms with Crippen molar-refractivity contribution >= 4 is 0 Å². The highest BCUT2D eigenvalue weighted by molar-refractivity contribution is 5.20. The van der Waals surface area contributed by atoms with Gasteiger partial charge in [0.05, 0.1) is 12.2 Å². The molecule has 0 amide bonds. The topological polar surface area (TPSA) is 30.5 Å². The lowest BCUT2D eigenvalue weighted by Crippen LogP contribution is -2.28. The van der Waals surface area contributed by atoms with Crippen LogP contribution in [-0.4, -0.2) is 31.9 Å². The maximum atomic E-state index is 5.90. The molecule has 0 bridgehead atoms. The third kappa shape index (κ3) is 4.02. The second-order valence-corrected chi connectivity index (χ2v) is 4.39. The molecular weight excluding hydrogens is 214 g/mol. The first-order valence-corrected chi connectivity index (χ1v) is 6.42. The average Bonchev–Trinajstić information content (AvgIpc) is 2.83. The summed E-state index contributed by atoms with van der Waals surface area (Å²) in [6.07, 6.45) is 2.84. The molecule has 1 heterocycles. The lowest BCUT2D eigenvalue weighted by molar-refractivity contribution is 0.0188. The van der Waals surface area contributed by atoms with E-state index in [1.165, 1.54) is 0 Å². The highest BCUT2D eigenvalue weighted by Gasteiger charge is 2.25. The van der Waals surface area contributed by atoms with Crippen LogP contribution in [0.2, 0.25) is 0 Å². The Bertz CT molecular complexity index is 315. The summed E-state index contributed by atoms with van der Waals surface area (Å²) >= 11 is 0. The molecule has 3 heteroatoms. The molecule has 1 aliphatic rings. The number of para-hydroxylation sites is 1. The molecule has 2 rings (SSSR count). The van der Waals surface area contributed by atoms with Crippen molar-refractivity contribution in [2.24, 2.45) is 0 Å². The van der Waals surface area contributed by atoms with Gasteiger partial charge in [-0.1, -0.05) is 25.1 Å². The summed E-state index contributed by atoms with van der Waals surface area (Å²) in [6.45, 7) is 4.74. The number of hydrogen-bond donors (Lipinski definition) is 1. The van der Waals surface area contributed by atoms with Gasteiger partial charge in [-0.05, 0) is 31.5 Å². The number of rotatable bonds is 6. The number of ether oxygens (including phenoxy) is 2. The highest BCUT2D eigenvalue weighted by Crippen LogP contribution is 2.20. The molecule has 1 fully saturated rings. The summed E-state index contributed by atoms with van der Waals surface area (Å²) < 4.78 is 11.6. The summed E-state index contributed by atoms with van der Waals surface area (Å²) in [5.74, 6) is 0.922. The molecule has 0 spiro atoms. The van der Waals surface area contributed by atoms with Gasteiger partial charge in [-0.25, -0.2) is 0 Å². The molecule has 2 unspecified atom stereocenters. The smallest absolute Gasteiger partial charge is 0.119 e. The van der Waals surface area contributed by atoms with Crippen LogP contribution < -0.4 is 10.1 Å². The Hall–Kier alpha value is -1.06.